The van der Waals surface area contributed by atoms with Crippen LogP contribution in [0.2, 0.25) is 5.02 Å². The standard InChI is InChI=1S/C10H8ClF3N2O2/c11-5-1-4-2-7(15)9(17)16(18)8(4)6(3-5)10(12,13)14/h1,3,7,18H,2,15H2/t7-/m0/s1. The van der Waals surface area contributed by atoms with E-state index in [-0.39, 0.29) is 22.1 Å². The molecule has 0 saturated carbocycles. The summed E-state index contributed by atoms with van der Waals surface area (Å²) in [5.41, 5.74) is 3.75. The van der Waals surface area contributed by atoms with Crippen LogP contribution in [0.25, 0.3) is 0 Å². The van der Waals surface area contributed by atoms with E-state index < -0.39 is 29.4 Å². The Bertz CT molecular complexity index is 519. The molecule has 0 bridgehead atoms. The molecule has 0 spiro atoms. The Morgan fingerprint density at radius 1 is 1.44 bits per heavy atom. The van der Waals surface area contributed by atoms with E-state index in [9.17, 15) is 23.2 Å². The van der Waals surface area contributed by atoms with Crippen molar-refractivity contribution < 1.29 is 23.2 Å². The molecule has 0 saturated heterocycles. The van der Waals surface area contributed by atoms with Gasteiger partial charge in [-0.25, -0.2) is 0 Å². The number of hydrogen-bond donors (Lipinski definition) is 2. The second kappa shape index (κ2) is 4.11. The lowest BCUT2D eigenvalue weighted by Gasteiger charge is -2.30. The number of carbonyl (C=O) groups is 1. The third-order valence-corrected chi connectivity index (χ3v) is 2.85. The number of fused-ring (bicyclic) bond motifs is 1. The summed E-state index contributed by atoms with van der Waals surface area (Å²) in [6.45, 7) is 0. The van der Waals surface area contributed by atoms with Gasteiger partial charge in [0.05, 0.1) is 17.3 Å². The molecule has 0 aliphatic carbocycles. The maximum Gasteiger partial charge on any atom is 0.418 e. The molecular weight excluding hydrogens is 273 g/mol. The van der Waals surface area contributed by atoms with Crippen molar-refractivity contribution in [3.63, 3.8) is 0 Å². The van der Waals surface area contributed by atoms with Crippen molar-refractivity contribution in [3.05, 3.63) is 28.3 Å². The minimum Gasteiger partial charge on any atom is -0.320 e. The van der Waals surface area contributed by atoms with Gasteiger partial charge in [-0.1, -0.05) is 11.6 Å². The van der Waals surface area contributed by atoms with Crippen LogP contribution in [0.5, 0.6) is 0 Å². The lowest BCUT2D eigenvalue weighted by molar-refractivity contribution is -0.138. The number of rotatable bonds is 0. The highest BCUT2D eigenvalue weighted by molar-refractivity contribution is 6.31. The van der Waals surface area contributed by atoms with Crippen LogP contribution in [0.3, 0.4) is 0 Å². The number of amides is 1. The highest BCUT2D eigenvalue weighted by Crippen LogP contribution is 2.42. The highest BCUT2D eigenvalue weighted by atomic mass is 35.5. The zero-order valence-corrected chi connectivity index (χ0v) is 9.59. The third kappa shape index (κ3) is 2.05. The van der Waals surface area contributed by atoms with E-state index in [2.05, 4.69) is 0 Å². The van der Waals surface area contributed by atoms with Crippen LogP contribution < -0.4 is 10.8 Å². The van der Waals surface area contributed by atoms with Gasteiger partial charge in [-0.2, -0.15) is 18.2 Å². The van der Waals surface area contributed by atoms with Crippen molar-refractivity contribution in [1.82, 2.24) is 0 Å². The van der Waals surface area contributed by atoms with E-state index in [4.69, 9.17) is 17.3 Å². The normalized spacial score (nSPS) is 20.0. The number of benzene rings is 1. The maximum atomic E-state index is 12.8. The molecule has 18 heavy (non-hydrogen) atoms. The lowest BCUT2D eigenvalue weighted by atomic mass is 9.95. The molecule has 1 aromatic rings. The molecule has 1 aliphatic rings. The minimum absolute atomic E-state index is 0.0529. The summed E-state index contributed by atoms with van der Waals surface area (Å²) in [6, 6.07) is 0.831. The topological polar surface area (TPSA) is 66.6 Å². The second-order valence-electron chi connectivity index (χ2n) is 3.92. The molecule has 4 nitrogen and oxygen atoms in total. The van der Waals surface area contributed by atoms with E-state index in [1.807, 2.05) is 0 Å². The van der Waals surface area contributed by atoms with Gasteiger partial charge >= 0.3 is 6.18 Å². The largest absolute Gasteiger partial charge is 0.418 e. The Morgan fingerprint density at radius 3 is 2.61 bits per heavy atom. The van der Waals surface area contributed by atoms with Crippen LogP contribution in [0.15, 0.2) is 12.1 Å². The van der Waals surface area contributed by atoms with Gasteiger partial charge in [-0.05, 0) is 24.1 Å². The highest BCUT2D eigenvalue weighted by Gasteiger charge is 2.41. The molecule has 1 atom stereocenters. The number of halogens is 4. The number of hydrogen-bond acceptors (Lipinski definition) is 3. The average molecular weight is 281 g/mol. The van der Waals surface area contributed by atoms with Gasteiger partial charge in [0.2, 0.25) is 0 Å². The van der Waals surface area contributed by atoms with Gasteiger partial charge in [0.15, 0.2) is 0 Å². The molecule has 0 unspecified atom stereocenters. The number of nitrogens with two attached hydrogens (primary N) is 1. The summed E-state index contributed by atoms with van der Waals surface area (Å²) < 4.78 is 38.4. The van der Waals surface area contributed by atoms with Gasteiger partial charge in [0.1, 0.15) is 0 Å². The zero-order chi connectivity index (χ0) is 13.7. The number of hydroxylamine groups is 1. The smallest absolute Gasteiger partial charge is 0.320 e. The summed E-state index contributed by atoms with van der Waals surface area (Å²) in [5.74, 6) is -0.977. The van der Waals surface area contributed by atoms with E-state index in [1.165, 1.54) is 6.07 Å². The fraction of sp³-hybridized carbons (Fsp3) is 0.300. The zero-order valence-electron chi connectivity index (χ0n) is 8.83. The van der Waals surface area contributed by atoms with E-state index >= 15 is 0 Å². The van der Waals surface area contributed by atoms with Crippen LogP contribution in [0.1, 0.15) is 11.1 Å². The summed E-state index contributed by atoms with van der Waals surface area (Å²) in [5, 5.41) is 9.31. The molecule has 0 fully saturated rings. The number of anilines is 1. The average Bonchev–Trinajstić information content (AvgIpc) is 2.23. The fourth-order valence-electron chi connectivity index (χ4n) is 1.87. The molecule has 1 amide bonds. The van der Waals surface area contributed by atoms with E-state index in [0.717, 1.165) is 0 Å². The van der Waals surface area contributed by atoms with Crippen molar-refractivity contribution in [3.8, 4) is 0 Å². The summed E-state index contributed by atoms with van der Waals surface area (Å²) in [4.78, 5) is 11.4. The van der Waals surface area contributed by atoms with Crippen molar-refractivity contribution in [2.45, 2.75) is 18.6 Å². The van der Waals surface area contributed by atoms with Crippen LogP contribution >= 0.6 is 11.6 Å². The van der Waals surface area contributed by atoms with Crippen LogP contribution in [-0.2, 0) is 17.4 Å². The Balaban J connectivity index is 2.69. The molecule has 2 rings (SSSR count). The summed E-state index contributed by atoms with van der Waals surface area (Å²) >= 11 is 5.59. The van der Waals surface area contributed by atoms with E-state index in [0.29, 0.717) is 6.07 Å². The number of nitrogens with zero attached hydrogens (tertiary/aromatic N) is 1. The molecule has 0 radical (unpaired) electrons. The lowest BCUT2D eigenvalue weighted by Crippen LogP contribution is -2.48. The Labute approximate surface area is 105 Å². The molecule has 1 heterocycles. The molecule has 98 valence electrons. The Hall–Kier alpha value is -1.31. The molecule has 0 aromatic heterocycles. The molecule has 8 heteroatoms. The van der Waals surface area contributed by atoms with Crippen LogP contribution in [0, 0.1) is 0 Å². The van der Waals surface area contributed by atoms with Crippen LogP contribution in [0.4, 0.5) is 18.9 Å². The molecule has 1 aliphatic heterocycles. The van der Waals surface area contributed by atoms with Gasteiger partial charge in [0.25, 0.3) is 5.91 Å². The molecular formula is C10H8ClF3N2O2. The van der Waals surface area contributed by atoms with Crippen LogP contribution in [-0.4, -0.2) is 17.2 Å². The molecule has 1 aromatic carbocycles. The Morgan fingerprint density at radius 2 is 2.06 bits per heavy atom. The summed E-state index contributed by atoms with van der Waals surface area (Å²) in [6.07, 6.45) is -4.83. The second-order valence-corrected chi connectivity index (χ2v) is 4.36. The SMILES string of the molecule is N[C@H]1Cc2cc(Cl)cc(C(F)(F)F)c2N(O)C1=O. The molecule has 3 N–H and O–H groups in total. The number of alkyl halides is 3. The van der Waals surface area contributed by atoms with Crippen molar-refractivity contribution in [1.29, 1.82) is 0 Å². The number of carbonyl (C=O) groups excluding carboxylic acids is 1. The minimum atomic E-state index is -4.72. The first-order valence-corrected chi connectivity index (χ1v) is 5.27. The van der Waals surface area contributed by atoms with E-state index in [1.54, 1.807) is 0 Å². The van der Waals surface area contributed by atoms with Gasteiger partial charge in [-0.3, -0.25) is 10.0 Å². The summed E-state index contributed by atoms with van der Waals surface area (Å²) in [7, 11) is 0. The maximum absolute atomic E-state index is 12.8. The quantitative estimate of drug-likeness (QED) is 0.714. The van der Waals surface area contributed by atoms with Crippen molar-refractivity contribution >= 4 is 23.2 Å². The van der Waals surface area contributed by atoms with Gasteiger partial charge in [0, 0.05) is 5.02 Å². The first kappa shape index (κ1) is 13.1. The predicted octanol–water partition coefficient (Wildman–Crippen LogP) is 1.96. The predicted molar refractivity (Wildman–Crippen MR) is 57.4 cm³/mol. The van der Waals surface area contributed by atoms with Crippen molar-refractivity contribution in [2.75, 3.05) is 5.06 Å². The first-order chi connectivity index (χ1) is 8.21. The van der Waals surface area contributed by atoms with Gasteiger partial charge < -0.3 is 5.73 Å². The van der Waals surface area contributed by atoms with Gasteiger partial charge in [-0.15, -0.1) is 0 Å². The van der Waals surface area contributed by atoms with Crippen molar-refractivity contribution in [2.24, 2.45) is 5.73 Å². The third-order valence-electron chi connectivity index (χ3n) is 2.64. The Kier molecular flexibility index (Phi) is 3.00. The first-order valence-electron chi connectivity index (χ1n) is 4.90. The monoisotopic (exact) mass is 280 g/mol. The fourth-order valence-corrected chi connectivity index (χ4v) is 2.11.